The second-order valence-electron chi connectivity index (χ2n) is 4.18. The fraction of sp³-hybridized carbons (Fsp3) is 0.364. The van der Waals surface area contributed by atoms with E-state index in [0.29, 0.717) is 6.07 Å². The number of halogens is 1. The third kappa shape index (κ3) is 4.23. The van der Waals surface area contributed by atoms with Crippen LogP contribution >= 0.6 is 0 Å². The largest absolute Gasteiger partial charge is 0.388 e. The lowest BCUT2D eigenvalue weighted by molar-refractivity contribution is -0.119. The zero-order valence-corrected chi connectivity index (χ0v) is 11.4. The number of primary sulfonamides is 1. The van der Waals surface area contributed by atoms with Gasteiger partial charge in [-0.05, 0) is 12.1 Å². The molecule has 0 saturated carbocycles. The quantitative estimate of drug-likeness (QED) is 0.554. The first-order chi connectivity index (χ1) is 9.12. The molecule has 0 aliphatic rings. The first-order valence-electron chi connectivity index (χ1n) is 5.55. The summed E-state index contributed by atoms with van der Waals surface area (Å²) in [7, 11) is -4.05. The second kappa shape index (κ2) is 6.27. The van der Waals surface area contributed by atoms with Gasteiger partial charge in [0.05, 0.1) is 4.90 Å². The molecule has 2 atom stereocenters. The SMILES string of the molecule is CC(=O)NCC(O)C(O)c1ccc(S(N)(=O)=O)cc1F. The Labute approximate surface area is 115 Å². The molecule has 20 heavy (non-hydrogen) atoms. The number of hydrogen-bond acceptors (Lipinski definition) is 5. The molecule has 0 aliphatic heterocycles. The van der Waals surface area contributed by atoms with E-state index < -0.39 is 38.9 Å². The monoisotopic (exact) mass is 306 g/mol. The van der Waals surface area contributed by atoms with Crippen molar-refractivity contribution in [1.29, 1.82) is 0 Å². The third-order valence-electron chi connectivity index (χ3n) is 2.54. The van der Waals surface area contributed by atoms with Crippen molar-refractivity contribution in [3.8, 4) is 0 Å². The number of nitrogens with two attached hydrogens (primary N) is 1. The first-order valence-corrected chi connectivity index (χ1v) is 7.10. The van der Waals surface area contributed by atoms with Gasteiger partial charge in [-0.25, -0.2) is 17.9 Å². The Kier molecular flexibility index (Phi) is 5.17. The van der Waals surface area contributed by atoms with Crippen LogP contribution in [0, 0.1) is 5.82 Å². The van der Waals surface area contributed by atoms with Crippen molar-refractivity contribution in [1.82, 2.24) is 5.32 Å². The molecule has 0 aliphatic carbocycles. The molecule has 1 aromatic rings. The highest BCUT2D eigenvalue weighted by atomic mass is 32.2. The molecule has 1 amide bonds. The van der Waals surface area contributed by atoms with E-state index >= 15 is 0 Å². The summed E-state index contributed by atoms with van der Waals surface area (Å²) < 4.78 is 35.8. The van der Waals surface area contributed by atoms with Gasteiger partial charge in [0.15, 0.2) is 0 Å². The van der Waals surface area contributed by atoms with Crippen LogP contribution in [-0.2, 0) is 14.8 Å². The second-order valence-corrected chi connectivity index (χ2v) is 5.74. The minimum atomic E-state index is -4.05. The number of sulfonamides is 1. The van der Waals surface area contributed by atoms with Crippen molar-refractivity contribution in [2.24, 2.45) is 5.14 Å². The number of nitrogens with one attached hydrogen (secondary N) is 1. The van der Waals surface area contributed by atoms with E-state index in [0.717, 1.165) is 12.1 Å². The fourth-order valence-corrected chi connectivity index (χ4v) is 2.02. The topological polar surface area (TPSA) is 130 Å². The van der Waals surface area contributed by atoms with Gasteiger partial charge in [0.2, 0.25) is 15.9 Å². The van der Waals surface area contributed by atoms with E-state index in [-0.39, 0.29) is 12.1 Å². The van der Waals surface area contributed by atoms with Gasteiger partial charge in [0.25, 0.3) is 0 Å². The Hall–Kier alpha value is -1.55. The van der Waals surface area contributed by atoms with E-state index in [4.69, 9.17) is 5.14 Å². The number of benzene rings is 1. The van der Waals surface area contributed by atoms with Crippen molar-refractivity contribution in [2.75, 3.05) is 6.54 Å². The normalized spacial score (nSPS) is 14.7. The molecule has 2 unspecified atom stereocenters. The predicted octanol–water partition coefficient (Wildman–Crippen LogP) is -0.997. The summed E-state index contributed by atoms with van der Waals surface area (Å²) in [5.41, 5.74) is -0.296. The molecule has 7 nitrogen and oxygen atoms in total. The van der Waals surface area contributed by atoms with Gasteiger partial charge in [0, 0.05) is 19.0 Å². The highest BCUT2D eigenvalue weighted by Gasteiger charge is 2.23. The Balaban J connectivity index is 2.94. The maximum absolute atomic E-state index is 13.7. The number of aliphatic hydroxyl groups is 2. The first kappa shape index (κ1) is 16.5. The van der Waals surface area contributed by atoms with Gasteiger partial charge in [-0.1, -0.05) is 6.07 Å². The third-order valence-corrected chi connectivity index (χ3v) is 3.45. The summed E-state index contributed by atoms with van der Waals surface area (Å²) in [5.74, 6) is -1.44. The van der Waals surface area contributed by atoms with Gasteiger partial charge in [-0.2, -0.15) is 0 Å². The summed E-state index contributed by atoms with van der Waals surface area (Å²) in [5, 5.41) is 26.5. The van der Waals surface area contributed by atoms with Crippen LogP contribution in [-0.4, -0.2) is 37.2 Å². The number of carbonyl (C=O) groups is 1. The minimum absolute atomic E-state index is 0.271. The average molecular weight is 306 g/mol. The maximum atomic E-state index is 13.7. The van der Waals surface area contributed by atoms with Crippen LogP contribution in [0.1, 0.15) is 18.6 Å². The van der Waals surface area contributed by atoms with E-state index in [1.807, 2.05) is 0 Å². The smallest absolute Gasteiger partial charge is 0.238 e. The Morgan fingerprint density at radius 1 is 1.45 bits per heavy atom. The molecule has 0 saturated heterocycles. The maximum Gasteiger partial charge on any atom is 0.238 e. The predicted molar refractivity (Wildman–Crippen MR) is 67.4 cm³/mol. The fourth-order valence-electron chi connectivity index (χ4n) is 1.49. The number of rotatable bonds is 5. The molecule has 0 bridgehead atoms. The van der Waals surface area contributed by atoms with Gasteiger partial charge < -0.3 is 15.5 Å². The Morgan fingerprint density at radius 3 is 2.50 bits per heavy atom. The number of hydrogen-bond donors (Lipinski definition) is 4. The molecule has 0 heterocycles. The van der Waals surface area contributed by atoms with Crippen LogP contribution in [0.5, 0.6) is 0 Å². The van der Waals surface area contributed by atoms with Crippen LogP contribution in [0.15, 0.2) is 23.1 Å². The molecule has 9 heteroatoms. The summed E-state index contributed by atoms with van der Waals surface area (Å²) in [6.45, 7) is 0.952. The Morgan fingerprint density at radius 2 is 2.05 bits per heavy atom. The summed E-state index contributed by atoms with van der Waals surface area (Å²) >= 11 is 0. The van der Waals surface area contributed by atoms with Crippen molar-refractivity contribution < 1.29 is 27.8 Å². The zero-order chi connectivity index (χ0) is 15.5. The molecule has 0 radical (unpaired) electrons. The van der Waals surface area contributed by atoms with Crippen LogP contribution in [0.25, 0.3) is 0 Å². The van der Waals surface area contributed by atoms with Crippen molar-refractivity contribution >= 4 is 15.9 Å². The molecular formula is C11H15FN2O5S. The molecule has 1 rings (SSSR count). The Bertz CT molecular complexity index is 605. The lowest BCUT2D eigenvalue weighted by atomic mass is 10.0. The van der Waals surface area contributed by atoms with Crippen LogP contribution in [0.3, 0.4) is 0 Å². The molecule has 1 aromatic carbocycles. The highest BCUT2D eigenvalue weighted by Crippen LogP contribution is 2.22. The molecule has 0 aromatic heterocycles. The minimum Gasteiger partial charge on any atom is -0.388 e. The molecular weight excluding hydrogens is 291 g/mol. The number of carbonyl (C=O) groups excluding carboxylic acids is 1. The van der Waals surface area contributed by atoms with Crippen LogP contribution < -0.4 is 10.5 Å². The van der Waals surface area contributed by atoms with E-state index in [1.165, 1.54) is 6.92 Å². The lowest BCUT2D eigenvalue weighted by Crippen LogP contribution is -2.34. The van der Waals surface area contributed by atoms with Gasteiger partial charge in [-0.3, -0.25) is 4.79 Å². The van der Waals surface area contributed by atoms with Crippen molar-refractivity contribution in [3.05, 3.63) is 29.6 Å². The standard InChI is InChI=1S/C11H15FN2O5S/c1-6(15)14-5-10(16)11(17)8-3-2-7(4-9(8)12)20(13,18)19/h2-4,10-11,16-17H,5H2,1H3,(H,14,15)(H2,13,18,19). The highest BCUT2D eigenvalue weighted by molar-refractivity contribution is 7.89. The molecule has 0 spiro atoms. The van der Waals surface area contributed by atoms with Gasteiger partial charge >= 0.3 is 0 Å². The average Bonchev–Trinajstić information content (AvgIpc) is 2.33. The number of amides is 1. The molecule has 5 N–H and O–H groups in total. The zero-order valence-electron chi connectivity index (χ0n) is 10.6. The van der Waals surface area contributed by atoms with Crippen molar-refractivity contribution in [3.63, 3.8) is 0 Å². The summed E-state index contributed by atoms with van der Waals surface area (Å²) in [6.07, 6.45) is -3.05. The van der Waals surface area contributed by atoms with Crippen LogP contribution in [0.4, 0.5) is 4.39 Å². The van der Waals surface area contributed by atoms with Crippen molar-refractivity contribution in [2.45, 2.75) is 24.0 Å². The van der Waals surface area contributed by atoms with E-state index in [2.05, 4.69) is 5.32 Å². The van der Waals surface area contributed by atoms with Gasteiger partial charge in [0.1, 0.15) is 18.0 Å². The molecule has 0 fully saturated rings. The van der Waals surface area contributed by atoms with E-state index in [1.54, 1.807) is 0 Å². The number of aliphatic hydroxyl groups excluding tert-OH is 2. The van der Waals surface area contributed by atoms with Gasteiger partial charge in [-0.15, -0.1) is 0 Å². The van der Waals surface area contributed by atoms with E-state index in [9.17, 15) is 27.8 Å². The lowest BCUT2D eigenvalue weighted by Gasteiger charge is -2.19. The summed E-state index contributed by atoms with van der Waals surface area (Å²) in [6, 6.07) is 2.68. The van der Waals surface area contributed by atoms with Crippen LogP contribution in [0.2, 0.25) is 0 Å². The summed E-state index contributed by atoms with van der Waals surface area (Å²) in [4.78, 5) is 10.2. The molecule has 112 valence electrons.